The molecule has 0 aliphatic heterocycles. The lowest BCUT2D eigenvalue weighted by atomic mass is 11.9. The molecule has 0 aromatic heterocycles. The number of hydrogen-bond donors (Lipinski definition) is 0. The van der Waals surface area contributed by atoms with Crippen molar-refractivity contribution in [3.8, 4) is 0 Å². The van der Waals surface area contributed by atoms with Gasteiger partial charge < -0.3 is 4.57 Å². The molecule has 0 fully saturated rings. The molecule has 0 aliphatic rings. The second-order valence-corrected chi connectivity index (χ2v) is 2.44. The Morgan fingerprint density at radius 2 is 2.00 bits per heavy atom. The molecular weight excluding hydrogens is 71.0 g/mol. The van der Waals surface area contributed by atoms with Crippen molar-refractivity contribution in [3.63, 3.8) is 0 Å². The van der Waals surface area contributed by atoms with Crippen LogP contribution in [0.1, 0.15) is 0 Å². The van der Waals surface area contributed by atoms with Gasteiger partial charge in [-0.1, -0.05) is 0 Å². The molecule has 0 N–H and O–H groups in total. The molecule has 26 valence electrons. The average Bonchev–Trinajstić information content (AvgIpc) is 0.722. The fourth-order valence-corrected chi connectivity index (χ4v) is 0. The van der Waals surface area contributed by atoms with Crippen molar-refractivity contribution in [2.75, 3.05) is 13.3 Å². The largest absolute Gasteiger partial charge is 0.327 e. The highest BCUT2D eigenvalue weighted by molar-refractivity contribution is 7.42. The lowest BCUT2D eigenvalue weighted by molar-refractivity contribution is 0.594. The normalized spacial score (nSPS) is 15.0. The van der Waals surface area contributed by atoms with Gasteiger partial charge in [-0.25, -0.2) is 0 Å². The fourth-order valence-electron chi connectivity index (χ4n) is 0. The Labute approximate surface area is 28.1 Å². The van der Waals surface area contributed by atoms with Crippen LogP contribution < -0.4 is 0 Å². The summed E-state index contributed by atoms with van der Waals surface area (Å²) >= 11 is 0. The molecule has 0 bridgehead atoms. The van der Waals surface area contributed by atoms with Crippen LogP contribution in [0, 0.1) is 0 Å². The van der Waals surface area contributed by atoms with Crippen LogP contribution in [0.3, 0.4) is 0 Å². The summed E-state index contributed by atoms with van der Waals surface area (Å²) in [5, 5.41) is 0. The fraction of sp³-hybridized carbons (Fsp3) is 1.00. The van der Waals surface area contributed by atoms with E-state index in [1.165, 1.54) is 13.3 Å². The van der Waals surface area contributed by atoms with Crippen molar-refractivity contribution < 1.29 is 4.57 Å². The Kier molecular flexibility index (Phi) is 0.949. The molecule has 0 saturated carbocycles. The summed E-state index contributed by atoms with van der Waals surface area (Å²) in [5.41, 5.74) is 0. The third-order valence-electron chi connectivity index (χ3n) is 0. The van der Waals surface area contributed by atoms with Crippen LogP contribution in [0.4, 0.5) is 0 Å². The molecule has 0 aromatic carbocycles. The molecule has 0 amide bonds. The second-order valence-electron chi connectivity index (χ2n) is 0.812. The highest BCUT2D eigenvalue weighted by Crippen LogP contribution is 2.00. The van der Waals surface area contributed by atoms with E-state index in [9.17, 15) is 4.57 Å². The van der Waals surface area contributed by atoms with Gasteiger partial charge in [-0.05, 0) is 13.3 Å². The van der Waals surface area contributed by atoms with Crippen LogP contribution in [0.15, 0.2) is 0 Å². The van der Waals surface area contributed by atoms with E-state index < -0.39 is 7.75 Å². The Morgan fingerprint density at radius 1 is 2.00 bits per heavy atom. The summed E-state index contributed by atoms with van der Waals surface area (Å²) in [6.45, 7) is 2.82. The topological polar surface area (TPSA) is 17.1 Å². The molecule has 1 nitrogen and oxygen atoms in total. The molecule has 0 aromatic rings. The molecular formula is C2H7OP. The van der Waals surface area contributed by atoms with Crippen LogP contribution in [0.25, 0.3) is 0 Å². The lowest BCUT2D eigenvalue weighted by Crippen LogP contribution is -1.33. The van der Waals surface area contributed by atoms with Gasteiger partial charge in [-0.15, -0.1) is 0 Å². The van der Waals surface area contributed by atoms with E-state index in [1.807, 2.05) is 0 Å². The van der Waals surface area contributed by atoms with Crippen molar-refractivity contribution in [2.24, 2.45) is 0 Å². The van der Waals surface area contributed by atoms with E-state index in [1.54, 1.807) is 0 Å². The van der Waals surface area contributed by atoms with Crippen LogP contribution >= 0.6 is 7.75 Å². The Morgan fingerprint density at radius 3 is 2.00 bits per heavy atom. The summed E-state index contributed by atoms with van der Waals surface area (Å²) in [5.74, 6) is 0. The summed E-state index contributed by atoms with van der Waals surface area (Å²) in [4.78, 5) is 0. The zero-order chi connectivity index (χ0) is 4.50. The van der Waals surface area contributed by atoms with E-state index in [0.717, 1.165) is 0 Å². The van der Waals surface area contributed by atoms with Gasteiger partial charge in [-0.2, -0.15) is 0 Å². The third-order valence-corrected chi connectivity index (χ3v) is 0. The molecule has 0 radical (unpaired) electrons. The van der Waals surface area contributed by atoms with Crippen LogP contribution in [0.5, 0.6) is 0 Å². The first-order chi connectivity index (χ1) is 2.00. The SMILES string of the molecule is [3H]P(C)(C)=O. The van der Waals surface area contributed by atoms with Crippen LogP contribution in [0.2, 0.25) is 0 Å². The maximum Gasteiger partial charge on any atom is 0.0995 e. The average molecular weight is 80.1 g/mol. The smallest absolute Gasteiger partial charge is 0.0995 e. The quantitative estimate of drug-likeness (QED) is 0.393. The zero-order valence-electron chi connectivity index (χ0n) is 3.86. The van der Waals surface area contributed by atoms with Gasteiger partial charge >= 0.3 is 0 Å². The van der Waals surface area contributed by atoms with Gasteiger partial charge in [-0.3, -0.25) is 0 Å². The first-order valence-corrected chi connectivity index (χ1v) is 3.23. The Balaban J connectivity index is 3.47. The molecule has 2 heteroatoms. The maximum absolute atomic E-state index is 9.88. The monoisotopic (exact) mass is 80.0 g/mol. The molecule has 0 spiro atoms. The van der Waals surface area contributed by atoms with E-state index in [4.69, 9.17) is 1.28 Å². The highest BCUT2D eigenvalue weighted by atomic mass is 31.1. The zero-order valence-corrected chi connectivity index (χ0v) is 3.75. The van der Waals surface area contributed by atoms with Gasteiger partial charge in [0, 0.05) is 0 Å². The van der Waals surface area contributed by atoms with Gasteiger partial charge in [0.2, 0.25) is 0 Å². The molecule has 4 heavy (non-hydrogen) atoms. The minimum Gasteiger partial charge on any atom is -0.327 e. The third kappa shape index (κ3) is 63.8. The van der Waals surface area contributed by atoms with Gasteiger partial charge in [0.15, 0.2) is 0 Å². The number of hydrogen-bond acceptors (Lipinski definition) is 1. The van der Waals surface area contributed by atoms with Crippen molar-refractivity contribution >= 4 is 7.75 Å². The number of rotatable bonds is 0. The minimum atomic E-state index is -2.39. The van der Waals surface area contributed by atoms with Crippen molar-refractivity contribution in [2.45, 2.75) is 0 Å². The first kappa shape index (κ1) is 2.47. The lowest BCUT2D eigenvalue weighted by Gasteiger charge is -1.59. The van der Waals surface area contributed by atoms with E-state index in [2.05, 4.69) is 0 Å². The second kappa shape index (κ2) is 1.54. The van der Waals surface area contributed by atoms with Crippen LogP contribution in [-0.2, 0) is 4.57 Å². The Hall–Kier alpha value is 0.230. The van der Waals surface area contributed by atoms with E-state index in [0.29, 0.717) is 0 Å². The summed E-state index contributed by atoms with van der Waals surface area (Å²) in [7, 11) is -2.39. The first-order valence-electron chi connectivity index (χ1n) is 1.52. The van der Waals surface area contributed by atoms with Gasteiger partial charge in [0.1, 0.15) is 0 Å². The minimum absolute atomic E-state index is 1.41. The van der Waals surface area contributed by atoms with Crippen LogP contribution in [-0.4, -0.2) is 14.6 Å². The van der Waals surface area contributed by atoms with Crippen molar-refractivity contribution in [3.05, 3.63) is 0 Å². The molecule has 0 unspecified atom stereocenters. The van der Waals surface area contributed by atoms with Crippen molar-refractivity contribution in [1.82, 2.24) is 0 Å². The predicted octanol–water partition coefficient (Wildman–Crippen LogP) is 0.806. The molecule has 0 saturated heterocycles. The van der Waals surface area contributed by atoms with E-state index in [-0.39, 0.29) is 0 Å². The molecule has 0 atom stereocenters. The Bertz CT molecular complexity index is 55.8. The molecule has 0 heterocycles. The molecule has 0 rings (SSSR count). The predicted molar refractivity (Wildman–Crippen MR) is 20.8 cm³/mol. The van der Waals surface area contributed by atoms with E-state index >= 15 is 0 Å². The summed E-state index contributed by atoms with van der Waals surface area (Å²) in [6.07, 6.45) is 0. The summed E-state index contributed by atoms with van der Waals surface area (Å²) < 4.78 is 16.4. The van der Waals surface area contributed by atoms with Gasteiger partial charge in [0.25, 0.3) is 0 Å². The maximum atomic E-state index is 9.88. The highest BCUT2D eigenvalue weighted by Gasteiger charge is 1.58. The summed E-state index contributed by atoms with van der Waals surface area (Å²) in [6, 6.07) is 0. The van der Waals surface area contributed by atoms with Crippen molar-refractivity contribution in [1.29, 1.82) is 1.28 Å². The molecule has 0 aliphatic carbocycles. The van der Waals surface area contributed by atoms with Gasteiger partial charge in [0.05, 0.1) is 9.02 Å². The standard InChI is InChI=1S/C2H7OP/c1-4(2)3/h4H,1-2H3/i4T.